The first-order valence-electron chi connectivity index (χ1n) is 8.22. The Bertz CT molecular complexity index is 865. The maximum atomic E-state index is 9.32. The van der Waals surface area contributed by atoms with E-state index in [1.165, 1.54) is 0 Å². The zero-order chi connectivity index (χ0) is 18.4. The van der Waals surface area contributed by atoms with Crippen molar-refractivity contribution in [2.24, 2.45) is 0 Å². The number of anilines is 1. The van der Waals surface area contributed by atoms with E-state index >= 15 is 0 Å². The zero-order valence-corrected chi connectivity index (χ0v) is 15.2. The van der Waals surface area contributed by atoms with Crippen molar-refractivity contribution in [3.63, 3.8) is 0 Å². The summed E-state index contributed by atoms with van der Waals surface area (Å²) in [6.45, 7) is 1.01. The van der Waals surface area contributed by atoms with Gasteiger partial charge in [0.1, 0.15) is 12.4 Å². The van der Waals surface area contributed by atoms with Gasteiger partial charge in [0.15, 0.2) is 11.5 Å². The van der Waals surface area contributed by atoms with Gasteiger partial charge in [-0.05, 0) is 48.0 Å². The molecule has 2 N–H and O–H groups in total. The molecule has 0 aliphatic rings. The van der Waals surface area contributed by atoms with E-state index in [-0.39, 0.29) is 5.75 Å². The molecule has 0 bridgehead atoms. The summed E-state index contributed by atoms with van der Waals surface area (Å²) in [6.07, 6.45) is 0. The Morgan fingerprint density at radius 1 is 0.962 bits per heavy atom. The highest BCUT2D eigenvalue weighted by Crippen LogP contribution is 2.30. The molecule has 4 nitrogen and oxygen atoms in total. The summed E-state index contributed by atoms with van der Waals surface area (Å²) in [5, 5.41) is 13.3. The first-order chi connectivity index (χ1) is 12.7. The number of aromatic hydroxyl groups is 1. The molecule has 0 amide bonds. The van der Waals surface area contributed by atoms with Crippen molar-refractivity contribution in [3.8, 4) is 17.2 Å². The molecule has 0 heterocycles. The van der Waals surface area contributed by atoms with E-state index in [1.54, 1.807) is 19.2 Å². The van der Waals surface area contributed by atoms with Crippen LogP contribution in [0.5, 0.6) is 17.2 Å². The first-order valence-corrected chi connectivity index (χ1v) is 8.59. The van der Waals surface area contributed by atoms with Crippen LogP contribution in [0.15, 0.2) is 66.7 Å². The summed E-state index contributed by atoms with van der Waals surface area (Å²) in [4.78, 5) is 0. The fraction of sp³-hybridized carbons (Fsp3) is 0.143. The highest BCUT2D eigenvalue weighted by molar-refractivity contribution is 6.31. The van der Waals surface area contributed by atoms with Gasteiger partial charge in [-0.25, -0.2) is 0 Å². The molecule has 0 unspecified atom stereocenters. The number of nitrogens with one attached hydrogen (secondary N) is 1. The van der Waals surface area contributed by atoms with Crippen molar-refractivity contribution in [1.82, 2.24) is 0 Å². The van der Waals surface area contributed by atoms with Gasteiger partial charge in [0.25, 0.3) is 0 Å². The van der Waals surface area contributed by atoms with Crippen LogP contribution in [0.2, 0.25) is 5.02 Å². The van der Waals surface area contributed by atoms with Crippen LogP contribution >= 0.6 is 11.6 Å². The zero-order valence-electron chi connectivity index (χ0n) is 14.4. The number of hydrogen-bond donors (Lipinski definition) is 2. The summed E-state index contributed by atoms with van der Waals surface area (Å²) in [6, 6.07) is 20.4. The molecule has 0 atom stereocenters. The van der Waals surface area contributed by atoms with Crippen LogP contribution in [0.25, 0.3) is 0 Å². The molecule has 0 saturated carbocycles. The lowest BCUT2D eigenvalue weighted by Gasteiger charge is -2.13. The van der Waals surface area contributed by atoms with Crippen molar-refractivity contribution in [2.75, 3.05) is 12.4 Å². The largest absolute Gasteiger partial charge is 0.508 e. The molecular weight excluding hydrogens is 350 g/mol. The molecular formula is C21H20ClNO3. The molecule has 0 spiro atoms. The Labute approximate surface area is 158 Å². The average molecular weight is 370 g/mol. The smallest absolute Gasteiger partial charge is 0.161 e. The normalized spacial score (nSPS) is 10.4. The molecule has 5 heteroatoms. The van der Waals surface area contributed by atoms with Crippen LogP contribution < -0.4 is 14.8 Å². The summed E-state index contributed by atoms with van der Waals surface area (Å²) in [5.41, 5.74) is 2.91. The predicted molar refractivity (Wildman–Crippen MR) is 104 cm³/mol. The van der Waals surface area contributed by atoms with Gasteiger partial charge in [-0.15, -0.1) is 0 Å². The van der Waals surface area contributed by atoms with Crippen LogP contribution in [0.4, 0.5) is 5.69 Å². The molecule has 0 aromatic heterocycles. The Hall–Kier alpha value is -2.85. The fourth-order valence-electron chi connectivity index (χ4n) is 2.50. The minimum atomic E-state index is 0.247. The molecule has 0 fully saturated rings. The van der Waals surface area contributed by atoms with Gasteiger partial charge in [-0.2, -0.15) is 0 Å². The molecule has 3 aromatic carbocycles. The standard InChI is InChI=1S/C21H20ClNO3/c1-25-21-12-15(13-23-17-7-9-18(24)10-8-17)6-11-20(21)26-14-16-4-2-3-5-19(16)22/h2-12,23-24H,13-14H2,1H3. The van der Waals surface area contributed by atoms with Crippen LogP contribution in [0.3, 0.4) is 0 Å². The van der Waals surface area contributed by atoms with Gasteiger partial charge in [-0.3, -0.25) is 0 Å². The van der Waals surface area contributed by atoms with Gasteiger partial charge in [0.05, 0.1) is 7.11 Å². The molecule has 134 valence electrons. The number of hydrogen-bond acceptors (Lipinski definition) is 4. The highest BCUT2D eigenvalue weighted by Gasteiger charge is 2.08. The Morgan fingerprint density at radius 3 is 2.46 bits per heavy atom. The van der Waals surface area contributed by atoms with E-state index in [2.05, 4.69) is 5.32 Å². The third kappa shape index (κ3) is 4.61. The topological polar surface area (TPSA) is 50.7 Å². The second kappa shape index (κ2) is 8.50. The lowest BCUT2D eigenvalue weighted by Crippen LogP contribution is -2.02. The first kappa shape index (κ1) is 18.0. The lowest BCUT2D eigenvalue weighted by molar-refractivity contribution is 0.284. The summed E-state index contributed by atoms with van der Waals surface area (Å²) >= 11 is 6.16. The van der Waals surface area contributed by atoms with E-state index in [1.807, 2.05) is 54.6 Å². The second-order valence-electron chi connectivity index (χ2n) is 5.77. The number of phenols is 1. The maximum absolute atomic E-state index is 9.32. The van der Waals surface area contributed by atoms with E-state index in [9.17, 15) is 5.11 Å². The average Bonchev–Trinajstić information content (AvgIpc) is 2.67. The number of methoxy groups -OCH3 is 1. The number of halogens is 1. The van der Waals surface area contributed by atoms with Crippen LogP contribution in [0, 0.1) is 0 Å². The monoisotopic (exact) mass is 369 g/mol. The van der Waals surface area contributed by atoms with Crippen molar-refractivity contribution in [1.29, 1.82) is 0 Å². The Balaban J connectivity index is 1.65. The van der Waals surface area contributed by atoms with Crippen LogP contribution in [-0.2, 0) is 13.2 Å². The third-order valence-corrected chi connectivity index (χ3v) is 4.30. The fourth-order valence-corrected chi connectivity index (χ4v) is 2.69. The maximum Gasteiger partial charge on any atom is 0.161 e. The second-order valence-corrected chi connectivity index (χ2v) is 6.17. The minimum absolute atomic E-state index is 0.247. The number of benzene rings is 3. The van der Waals surface area contributed by atoms with Crippen molar-refractivity contribution in [3.05, 3.63) is 82.9 Å². The van der Waals surface area contributed by atoms with Crippen LogP contribution in [-0.4, -0.2) is 12.2 Å². The number of ether oxygens (including phenoxy) is 2. The molecule has 0 aliphatic heterocycles. The summed E-state index contributed by atoms with van der Waals surface area (Å²) < 4.78 is 11.3. The molecule has 26 heavy (non-hydrogen) atoms. The summed E-state index contributed by atoms with van der Waals surface area (Å²) in [5.74, 6) is 1.58. The molecule has 3 rings (SSSR count). The third-order valence-electron chi connectivity index (χ3n) is 3.93. The minimum Gasteiger partial charge on any atom is -0.508 e. The SMILES string of the molecule is COc1cc(CNc2ccc(O)cc2)ccc1OCc1ccccc1Cl. The number of phenolic OH excluding ortho intramolecular Hbond substituents is 1. The molecule has 3 aromatic rings. The van der Waals surface area contributed by atoms with Crippen LogP contribution in [0.1, 0.15) is 11.1 Å². The number of rotatable bonds is 7. The van der Waals surface area contributed by atoms with Gasteiger partial charge >= 0.3 is 0 Å². The lowest BCUT2D eigenvalue weighted by atomic mass is 10.2. The van der Waals surface area contributed by atoms with Crippen molar-refractivity contribution >= 4 is 17.3 Å². The molecule has 0 saturated heterocycles. The summed E-state index contributed by atoms with van der Waals surface area (Å²) in [7, 11) is 1.62. The van der Waals surface area contributed by atoms with Gasteiger partial charge in [0.2, 0.25) is 0 Å². The Kier molecular flexibility index (Phi) is 5.87. The van der Waals surface area contributed by atoms with E-state index in [4.69, 9.17) is 21.1 Å². The highest BCUT2D eigenvalue weighted by atomic mass is 35.5. The Morgan fingerprint density at radius 2 is 1.73 bits per heavy atom. The molecule has 0 radical (unpaired) electrons. The van der Waals surface area contributed by atoms with Gasteiger partial charge in [0, 0.05) is 22.8 Å². The van der Waals surface area contributed by atoms with E-state index in [0.29, 0.717) is 29.7 Å². The van der Waals surface area contributed by atoms with E-state index < -0.39 is 0 Å². The van der Waals surface area contributed by atoms with Crippen molar-refractivity contribution < 1.29 is 14.6 Å². The van der Waals surface area contributed by atoms with Gasteiger partial charge in [-0.1, -0.05) is 35.9 Å². The predicted octanol–water partition coefficient (Wildman–Crippen LogP) is 5.25. The van der Waals surface area contributed by atoms with E-state index in [0.717, 1.165) is 16.8 Å². The van der Waals surface area contributed by atoms with Crippen molar-refractivity contribution in [2.45, 2.75) is 13.2 Å². The molecule has 0 aliphatic carbocycles. The van der Waals surface area contributed by atoms with Gasteiger partial charge < -0.3 is 19.9 Å². The quantitative estimate of drug-likeness (QED) is 0.559.